The minimum absolute atomic E-state index is 0.106. The van der Waals surface area contributed by atoms with Crippen molar-refractivity contribution < 1.29 is 9.53 Å². The molecule has 0 aliphatic carbocycles. The number of benzene rings is 1. The van der Waals surface area contributed by atoms with E-state index in [9.17, 15) is 4.79 Å². The first-order valence-corrected chi connectivity index (χ1v) is 6.96. The van der Waals surface area contributed by atoms with Gasteiger partial charge in [-0.15, -0.1) is 0 Å². The molecule has 0 aliphatic heterocycles. The molecule has 18 heavy (non-hydrogen) atoms. The number of carbonyl (C=O) groups excluding carboxylic acids is 1. The maximum absolute atomic E-state index is 11.7. The molecule has 0 heterocycles. The molecule has 0 bridgehead atoms. The molecule has 1 aromatic carbocycles. The first-order valence-electron chi connectivity index (χ1n) is 6.58. The molecule has 0 N–H and O–H groups in total. The Morgan fingerprint density at radius 3 is 2.44 bits per heavy atom. The molecule has 0 amide bonds. The lowest BCUT2D eigenvalue weighted by atomic mass is 9.91. The molecule has 1 rings (SSSR count). The van der Waals surface area contributed by atoms with Gasteiger partial charge in [0.05, 0.1) is 13.0 Å². The summed E-state index contributed by atoms with van der Waals surface area (Å²) in [6, 6.07) is 7.74. The summed E-state index contributed by atoms with van der Waals surface area (Å²) in [5, 5.41) is 0.725. The van der Waals surface area contributed by atoms with Gasteiger partial charge in [-0.2, -0.15) is 0 Å². The fourth-order valence-corrected chi connectivity index (χ4v) is 2.07. The van der Waals surface area contributed by atoms with Crippen LogP contribution in [0, 0.1) is 0 Å². The average molecular weight is 269 g/mol. The first kappa shape index (κ1) is 15.0. The molecule has 1 aromatic rings. The third-order valence-corrected chi connectivity index (χ3v) is 3.11. The van der Waals surface area contributed by atoms with E-state index in [1.165, 1.54) is 0 Å². The van der Waals surface area contributed by atoms with E-state index in [1.54, 1.807) is 0 Å². The summed E-state index contributed by atoms with van der Waals surface area (Å²) in [7, 11) is 0. The molecule has 0 aromatic heterocycles. The summed E-state index contributed by atoms with van der Waals surface area (Å²) in [4.78, 5) is 11.7. The van der Waals surface area contributed by atoms with Gasteiger partial charge in [-0.05, 0) is 36.5 Å². The standard InChI is InChI=1S/C15H21ClO2/c1-3-5-13(11-15(17)18-10-4-2)12-6-8-14(16)9-7-12/h6-9,13H,3-5,10-11H2,1-2H3. The highest BCUT2D eigenvalue weighted by Gasteiger charge is 2.16. The summed E-state index contributed by atoms with van der Waals surface area (Å²) in [6.07, 6.45) is 3.36. The van der Waals surface area contributed by atoms with Crippen LogP contribution < -0.4 is 0 Å². The van der Waals surface area contributed by atoms with Crippen molar-refractivity contribution in [3.63, 3.8) is 0 Å². The van der Waals surface area contributed by atoms with E-state index in [4.69, 9.17) is 16.3 Å². The molecule has 3 heteroatoms. The lowest BCUT2D eigenvalue weighted by Crippen LogP contribution is -2.11. The van der Waals surface area contributed by atoms with Crippen LogP contribution in [0.5, 0.6) is 0 Å². The van der Waals surface area contributed by atoms with Crippen LogP contribution >= 0.6 is 11.6 Å². The summed E-state index contributed by atoms with van der Waals surface area (Å²) in [6.45, 7) is 4.63. The van der Waals surface area contributed by atoms with Crippen molar-refractivity contribution in [1.82, 2.24) is 0 Å². The molecule has 0 spiro atoms. The fourth-order valence-electron chi connectivity index (χ4n) is 1.95. The minimum Gasteiger partial charge on any atom is -0.466 e. The zero-order valence-electron chi connectivity index (χ0n) is 11.1. The van der Waals surface area contributed by atoms with Crippen molar-refractivity contribution in [2.75, 3.05) is 6.61 Å². The Hall–Kier alpha value is -1.02. The molecule has 1 atom stereocenters. The van der Waals surface area contributed by atoms with Crippen molar-refractivity contribution in [1.29, 1.82) is 0 Å². The number of ether oxygens (including phenoxy) is 1. The topological polar surface area (TPSA) is 26.3 Å². The Labute approximate surface area is 114 Å². The zero-order valence-corrected chi connectivity index (χ0v) is 11.9. The molecule has 1 unspecified atom stereocenters. The van der Waals surface area contributed by atoms with Crippen LogP contribution in [-0.4, -0.2) is 12.6 Å². The van der Waals surface area contributed by atoms with Crippen LogP contribution in [-0.2, 0) is 9.53 Å². The largest absolute Gasteiger partial charge is 0.466 e. The van der Waals surface area contributed by atoms with Gasteiger partial charge in [0, 0.05) is 5.02 Å². The number of halogens is 1. The highest BCUT2D eigenvalue weighted by Crippen LogP contribution is 2.26. The third-order valence-electron chi connectivity index (χ3n) is 2.86. The minimum atomic E-state index is -0.106. The van der Waals surface area contributed by atoms with Gasteiger partial charge in [-0.3, -0.25) is 4.79 Å². The Balaban J connectivity index is 2.64. The first-order chi connectivity index (χ1) is 8.67. The van der Waals surface area contributed by atoms with Gasteiger partial charge in [-0.1, -0.05) is 44.0 Å². The number of rotatable bonds is 7. The average Bonchev–Trinajstić information content (AvgIpc) is 2.37. The Kier molecular flexibility index (Phi) is 6.81. The van der Waals surface area contributed by atoms with Crippen LogP contribution in [0.4, 0.5) is 0 Å². The SMILES string of the molecule is CCCOC(=O)CC(CCC)c1ccc(Cl)cc1. The summed E-state index contributed by atoms with van der Waals surface area (Å²) in [5.41, 5.74) is 1.16. The quantitative estimate of drug-likeness (QED) is 0.677. The van der Waals surface area contributed by atoms with Crippen LogP contribution in [0.2, 0.25) is 5.02 Å². The van der Waals surface area contributed by atoms with Crippen LogP contribution in [0.15, 0.2) is 24.3 Å². The van der Waals surface area contributed by atoms with Crippen LogP contribution in [0.25, 0.3) is 0 Å². The third kappa shape index (κ3) is 5.09. The second kappa shape index (κ2) is 8.15. The van der Waals surface area contributed by atoms with Gasteiger partial charge >= 0.3 is 5.97 Å². The van der Waals surface area contributed by atoms with E-state index in [2.05, 4.69) is 6.92 Å². The van der Waals surface area contributed by atoms with E-state index < -0.39 is 0 Å². The summed E-state index contributed by atoms with van der Waals surface area (Å²) >= 11 is 5.88. The fraction of sp³-hybridized carbons (Fsp3) is 0.533. The predicted octanol–water partition coefficient (Wildman–Crippen LogP) is 4.57. The summed E-state index contributed by atoms with van der Waals surface area (Å²) in [5.74, 6) is 0.127. The van der Waals surface area contributed by atoms with Crippen molar-refractivity contribution in [3.05, 3.63) is 34.9 Å². The van der Waals surface area contributed by atoms with E-state index in [-0.39, 0.29) is 11.9 Å². The van der Waals surface area contributed by atoms with Crippen LogP contribution in [0.1, 0.15) is 51.0 Å². The Morgan fingerprint density at radius 2 is 1.89 bits per heavy atom. The van der Waals surface area contributed by atoms with Crippen molar-refractivity contribution in [3.8, 4) is 0 Å². The molecule has 0 saturated heterocycles. The maximum atomic E-state index is 11.7. The van der Waals surface area contributed by atoms with Gasteiger partial charge in [-0.25, -0.2) is 0 Å². The molecule has 0 radical (unpaired) electrons. The lowest BCUT2D eigenvalue weighted by molar-refractivity contribution is -0.144. The highest BCUT2D eigenvalue weighted by molar-refractivity contribution is 6.30. The zero-order chi connectivity index (χ0) is 13.4. The van der Waals surface area contributed by atoms with Crippen molar-refractivity contribution >= 4 is 17.6 Å². The number of hydrogen-bond acceptors (Lipinski definition) is 2. The van der Waals surface area contributed by atoms with Gasteiger partial charge in [0.2, 0.25) is 0 Å². The second-order valence-corrected chi connectivity index (χ2v) is 4.90. The second-order valence-electron chi connectivity index (χ2n) is 4.46. The van der Waals surface area contributed by atoms with Gasteiger partial charge in [0.25, 0.3) is 0 Å². The molecule has 100 valence electrons. The molecule has 0 aliphatic rings. The molecule has 0 saturated carbocycles. The Morgan fingerprint density at radius 1 is 1.22 bits per heavy atom. The van der Waals surface area contributed by atoms with Crippen LogP contribution in [0.3, 0.4) is 0 Å². The number of hydrogen-bond donors (Lipinski definition) is 0. The van der Waals surface area contributed by atoms with Crippen molar-refractivity contribution in [2.45, 2.75) is 45.4 Å². The summed E-state index contributed by atoms with van der Waals surface area (Å²) < 4.78 is 5.15. The predicted molar refractivity (Wildman–Crippen MR) is 75.0 cm³/mol. The number of carbonyl (C=O) groups is 1. The van der Waals surface area contributed by atoms with Crippen molar-refractivity contribution in [2.24, 2.45) is 0 Å². The normalized spacial score (nSPS) is 12.2. The lowest BCUT2D eigenvalue weighted by Gasteiger charge is -2.16. The molecule has 0 fully saturated rings. The van der Waals surface area contributed by atoms with E-state index in [0.29, 0.717) is 13.0 Å². The van der Waals surface area contributed by atoms with Gasteiger partial charge < -0.3 is 4.74 Å². The molecular formula is C15H21ClO2. The van der Waals surface area contributed by atoms with Gasteiger partial charge in [0.15, 0.2) is 0 Å². The monoisotopic (exact) mass is 268 g/mol. The highest BCUT2D eigenvalue weighted by atomic mass is 35.5. The molecule has 2 nitrogen and oxygen atoms in total. The Bertz CT molecular complexity index is 359. The van der Waals surface area contributed by atoms with Gasteiger partial charge in [0.1, 0.15) is 0 Å². The van der Waals surface area contributed by atoms with E-state index in [0.717, 1.165) is 29.8 Å². The molecular weight excluding hydrogens is 248 g/mol. The van der Waals surface area contributed by atoms with E-state index >= 15 is 0 Å². The smallest absolute Gasteiger partial charge is 0.306 e. The van der Waals surface area contributed by atoms with E-state index in [1.807, 2.05) is 31.2 Å². The number of esters is 1. The maximum Gasteiger partial charge on any atom is 0.306 e.